The van der Waals surface area contributed by atoms with E-state index in [1.807, 2.05) is 53.4 Å². The zero-order chi connectivity index (χ0) is 19.2. The summed E-state index contributed by atoms with van der Waals surface area (Å²) in [6.45, 7) is 7.24. The number of benzene rings is 2. The SMILES string of the molecule is CCCOc1ccc(C(=O)N2CCN(c3ccc(C(C)=O)cc3)CC2)cc1. The van der Waals surface area contributed by atoms with Gasteiger partial charge in [0.25, 0.3) is 5.91 Å². The number of amides is 1. The number of ketones is 1. The van der Waals surface area contributed by atoms with Crippen molar-refractivity contribution >= 4 is 17.4 Å². The molecule has 27 heavy (non-hydrogen) atoms. The number of hydrogen-bond acceptors (Lipinski definition) is 4. The first-order valence-corrected chi connectivity index (χ1v) is 9.46. The van der Waals surface area contributed by atoms with Crippen LogP contribution in [-0.2, 0) is 0 Å². The molecule has 1 amide bonds. The molecule has 1 aliphatic heterocycles. The fourth-order valence-electron chi connectivity index (χ4n) is 3.17. The van der Waals surface area contributed by atoms with Gasteiger partial charge < -0.3 is 14.5 Å². The van der Waals surface area contributed by atoms with E-state index in [4.69, 9.17) is 4.74 Å². The van der Waals surface area contributed by atoms with E-state index < -0.39 is 0 Å². The fourth-order valence-corrected chi connectivity index (χ4v) is 3.17. The number of carbonyl (C=O) groups excluding carboxylic acids is 2. The van der Waals surface area contributed by atoms with Gasteiger partial charge in [0.2, 0.25) is 0 Å². The van der Waals surface area contributed by atoms with Crippen LogP contribution in [0.25, 0.3) is 0 Å². The van der Waals surface area contributed by atoms with E-state index in [1.54, 1.807) is 6.92 Å². The Labute approximate surface area is 160 Å². The molecule has 1 saturated heterocycles. The van der Waals surface area contributed by atoms with E-state index in [1.165, 1.54) is 0 Å². The number of Topliss-reactive ketones (excluding diaryl/α,β-unsaturated/α-hetero) is 1. The van der Waals surface area contributed by atoms with Crippen molar-refractivity contribution in [2.24, 2.45) is 0 Å². The first-order valence-electron chi connectivity index (χ1n) is 9.46. The van der Waals surface area contributed by atoms with Crippen LogP contribution < -0.4 is 9.64 Å². The number of rotatable bonds is 6. The van der Waals surface area contributed by atoms with Gasteiger partial charge in [0, 0.05) is 43.0 Å². The molecule has 0 unspecified atom stereocenters. The minimum Gasteiger partial charge on any atom is -0.494 e. The number of nitrogens with zero attached hydrogens (tertiary/aromatic N) is 2. The Bertz CT molecular complexity index is 776. The second-order valence-corrected chi connectivity index (χ2v) is 6.76. The summed E-state index contributed by atoms with van der Waals surface area (Å²) in [5.74, 6) is 0.930. The van der Waals surface area contributed by atoms with Gasteiger partial charge in [0.1, 0.15) is 5.75 Å². The van der Waals surface area contributed by atoms with Crippen LogP contribution in [0.5, 0.6) is 5.75 Å². The molecule has 0 spiro atoms. The Morgan fingerprint density at radius 1 is 0.889 bits per heavy atom. The number of piperazine rings is 1. The molecule has 2 aromatic carbocycles. The van der Waals surface area contributed by atoms with Crippen LogP contribution in [0.2, 0.25) is 0 Å². The molecular formula is C22H26N2O3. The van der Waals surface area contributed by atoms with Crippen LogP contribution in [0.3, 0.4) is 0 Å². The number of hydrogen-bond donors (Lipinski definition) is 0. The van der Waals surface area contributed by atoms with Gasteiger partial charge in [0.15, 0.2) is 5.78 Å². The third-order valence-electron chi connectivity index (χ3n) is 4.78. The second kappa shape index (κ2) is 8.71. The Hall–Kier alpha value is -2.82. The Kier molecular flexibility index (Phi) is 6.12. The van der Waals surface area contributed by atoms with Gasteiger partial charge in [-0.05, 0) is 61.9 Å². The maximum absolute atomic E-state index is 12.7. The summed E-state index contributed by atoms with van der Waals surface area (Å²) in [5, 5.41) is 0. The van der Waals surface area contributed by atoms with Crippen molar-refractivity contribution in [2.75, 3.05) is 37.7 Å². The standard InChI is InChI=1S/C22H26N2O3/c1-3-16-27-21-10-6-19(7-11-21)22(26)24-14-12-23(13-15-24)20-8-4-18(5-9-20)17(2)25/h4-11H,3,12-16H2,1-2H3. The van der Waals surface area contributed by atoms with Crippen LogP contribution in [0.15, 0.2) is 48.5 Å². The highest BCUT2D eigenvalue weighted by atomic mass is 16.5. The van der Waals surface area contributed by atoms with Crippen molar-refractivity contribution in [1.29, 1.82) is 0 Å². The number of anilines is 1. The summed E-state index contributed by atoms with van der Waals surface area (Å²) >= 11 is 0. The highest BCUT2D eigenvalue weighted by molar-refractivity contribution is 5.95. The predicted molar refractivity (Wildman–Crippen MR) is 107 cm³/mol. The lowest BCUT2D eigenvalue weighted by Crippen LogP contribution is -2.48. The summed E-state index contributed by atoms with van der Waals surface area (Å²) in [6, 6.07) is 15.0. The van der Waals surface area contributed by atoms with E-state index in [0.717, 1.165) is 36.5 Å². The Morgan fingerprint density at radius 2 is 1.48 bits per heavy atom. The zero-order valence-corrected chi connectivity index (χ0v) is 16.0. The van der Waals surface area contributed by atoms with Gasteiger partial charge in [-0.25, -0.2) is 0 Å². The summed E-state index contributed by atoms with van der Waals surface area (Å²) in [7, 11) is 0. The van der Waals surface area contributed by atoms with E-state index in [9.17, 15) is 9.59 Å². The van der Waals surface area contributed by atoms with Gasteiger partial charge in [0.05, 0.1) is 6.61 Å². The molecule has 1 fully saturated rings. The van der Waals surface area contributed by atoms with Crippen LogP contribution in [0.1, 0.15) is 41.0 Å². The first kappa shape index (κ1) is 19.0. The van der Waals surface area contributed by atoms with Gasteiger partial charge in [-0.3, -0.25) is 9.59 Å². The second-order valence-electron chi connectivity index (χ2n) is 6.76. The molecular weight excluding hydrogens is 340 g/mol. The lowest BCUT2D eigenvalue weighted by atomic mass is 10.1. The first-order chi connectivity index (χ1) is 13.1. The highest BCUT2D eigenvalue weighted by Gasteiger charge is 2.22. The van der Waals surface area contributed by atoms with Gasteiger partial charge in [-0.2, -0.15) is 0 Å². The summed E-state index contributed by atoms with van der Waals surface area (Å²) in [4.78, 5) is 28.2. The molecule has 0 atom stereocenters. The predicted octanol–water partition coefficient (Wildman–Crippen LogP) is 3.64. The van der Waals surface area contributed by atoms with Crippen molar-refractivity contribution in [1.82, 2.24) is 4.90 Å². The van der Waals surface area contributed by atoms with Crippen molar-refractivity contribution in [2.45, 2.75) is 20.3 Å². The summed E-state index contributed by atoms with van der Waals surface area (Å²) in [5.41, 5.74) is 2.50. The van der Waals surface area contributed by atoms with Crippen molar-refractivity contribution in [3.8, 4) is 5.75 Å². The van der Waals surface area contributed by atoms with Crippen LogP contribution in [0.4, 0.5) is 5.69 Å². The molecule has 3 rings (SSSR count). The minimum atomic E-state index is 0.0589. The molecule has 0 aromatic heterocycles. The molecule has 0 N–H and O–H groups in total. The smallest absolute Gasteiger partial charge is 0.253 e. The van der Waals surface area contributed by atoms with Crippen molar-refractivity contribution < 1.29 is 14.3 Å². The molecule has 5 nitrogen and oxygen atoms in total. The monoisotopic (exact) mass is 366 g/mol. The molecule has 142 valence electrons. The third kappa shape index (κ3) is 4.67. The molecule has 0 radical (unpaired) electrons. The average Bonchev–Trinajstić information content (AvgIpc) is 2.72. The number of ether oxygens (including phenoxy) is 1. The lowest BCUT2D eigenvalue weighted by Gasteiger charge is -2.36. The Morgan fingerprint density at radius 3 is 2.04 bits per heavy atom. The maximum atomic E-state index is 12.7. The van der Waals surface area contributed by atoms with E-state index in [0.29, 0.717) is 25.3 Å². The molecule has 1 aliphatic rings. The van der Waals surface area contributed by atoms with E-state index in [2.05, 4.69) is 11.8 Å². The quantitative estimate of drug-likeness (QED) is 0.733. The zero-order valence-electron chi connectivity index (χ0n) is 16.0. The molecule has 0 saturated carbocycles. The maximum Gasteiger partial charge on any atom is 0.253 e. The molecule has 5 heteroatoms. The molecule has 2 aromatic rings. The Balaban J connectivity index is 1.56. The van der Waals surface area contributed by atoms with Gasteiger partial charge >= 0.3 is 0 Å². The normalized spacial score (nSPS) is 14.1. The van der Waals surface area contributed by atoms with Crippen LogP contribution in [0, 0.1) is 0 Å². The van der Waals surface area contributed by atoms with Crippen molar-refractivity contribution in [3.05, 3.63) is 59.7 Å². The minimum absolute atomic E-state index is 0.0589. The number of carbonyl (C=O) groups is 2. The summed E-state index contributed by atoms with van der Waals surface area (Å²) in [6.07, 6.45) is 0.961. The van der Waals surface area contributed by atoms with E-state index in [-0.39, 0.29) is 11.7 Å². The van der Waals surface area contributed by atoms with E-state index >= 15 is 0 Å². The topological polar surface area (TPSA) is 49.9 Å². The average molecular weight is 366 g/mol. The highest BCUT2D eigenvalue weighted by Crippen LogP contribution is 2.19. The molecule has 0 aliphatic carbocycles. The lowest BCUT2D eigenvalue weighted by molar-refractivity contribution is 0.0746. The largest absolute Gasteiger partial charge is 0.494 e. The summed E-state index contributed by atoms with van der Waals surface area (Å²) < 4.78 is 5.57. The van der Waals surface area contributed by atoms with Crippen molar-refractivity contribution in [3.63, 3.8) is 0 Å². The van der Waals surface area contributed by atoms with Crippen LogP contribution >= 0.6 is 0 Å². The van der Waals surface area contributed by atoms with Gasteiger partial charge in [-0.15, -0.1) is 0 Å². The van der Waals surface area contributed by atoms with Crippen LogP contribution in [-0.4, -0.2) is 49.4 Å². The third-order valence-corrected chi connectivity index (χ3v) is 4.78. The fraction of sp³-hybridized carbons (Fsp3) is 0.364. The molecule has 1 heterocycles. The van der Waals surface area contributed by atoms with Gasteiger partial charge in [-0.1, -0.05) is 6.92 Å². The molecule has 0 bridgehead atoms.